The predicted octanol–water partition coefficient (Wildman–Crippen LogP) is 4.89. The zero-order valence-electron chi connectivity index (χ0n) is 18.4. The van der Waals surface area contributed by atoms with Crippen LogP contribution in [0.1, 0.15) is 56.2 Å². The molecule has 30 heavy (non-hydrogen) atoms. The molecule has 0 unspecified atom stereocenters. The van der Waals surface area contributed by atoms with E-state index in [0.717, 1.165) is 0 Å². The molecule has 1 heterocycles. The minimum atomic E-state index is -0.672. The van der Waals surface area contributed by atoms with Gasteiger partial charge in [0, 0.05) is 17.2 Å². The van der Waals surface area contributed by atoms with E-state index in [2.05, 4.69) is 0 Å². The van der Waals surface area contributed by atoms with Gasteiger partial charge >= 0.3 is 0 Å². The highest BCUT2D eigenvalue weighted by atomic mass is 16.5. The molecule has 3 rings (SSSR count). The van der Waals surface area contributed by atoms with Crippen LogP contribution in [-0.4, -0.2) is 27.1 Å². The molecule has 0 radical (unpaired) electrons. The summed E-state index contributed by atoms with van der Waals surface area (Å²) in [6, 6.07) is 6.67. The highest BCUT2D eigenvalue weighted by Crippen LogP contribution is 2.47. The molecule has 6 nitrogen and oxygen atoms in total. The maximum absolute atomic E-state index is 13.2. The number of benzene rings is 1. The van der Waals surface area contributed by atoms with Crippen molar-refractivity contribution in [1.29, 1.82) is 0 Å². The fourth-order valence-corrected chi connectivity index (χ4v) is 4.36. The molecule has 1 aliphatic carbocycles. The molecule has 0 aliphatic heterocycles. The lowest BCUT2D eigenvalue weighted by atomic mass is 9.69. The fraction of sp³-hybridized carbons (Fsp3) is 0.417. The second kappa shape index (κ2) is 8.38. The highest BCUT2D eigenvalue weighted by Gasteiger charge is 2.47. The van der Waals surface area contributed by atoms with Crippen LogP contribution in [0.4, 0.5) is 0 Å². The van der Waals surface area contributed by atoms with Crippen molar-refractivity contribution in [2.24, 2.45) is 0 Å². The van der Waals surface area contributed by atoms with Gasteiger partial charge in [-0.25, -0.2) is 0 Å². The second-order valence-corrected chi connectivity index (χ2v) is 7.23. The Labute approximate surface area is 176 Å². The molecule has 1 aliphatic rings. The van der Waals surface area contributed by atoms with Gasteiger partial charge in [0.15, 0.2) is 22.7 Å². The zero-order valence-corrected chi connectivity index (χ0v) is 18.4. The summed E-state index contributed by atoms with van der Waals surface area (Å²) in [4.78, 5) is 26.3. The van der Waals surface area contributed by atoms with Gasteiger partial charge in [0.05, 0.1) is 26.7 Å². The van der Waals surface area contributed by atoms with Gasteiger partial charge in [0.2, 0.25) is 0 Å². The molecule has 0 fully saturated rings. The van der Waals surface area contributed by atoms with E-state index in [9.17, 15) is 9.59 Å². The molecule has 0 N–H and O–H groups in total. The van der Waals surface area contributed by atoms with Crippen molar-refractivity contribution >= 4 is 5.78 Å². The average molecular weight is 412 g/mol. The minimum Gasteiger partial charge on any atom is -0.500 e. The first kappa shape index (κ1) is 21.7. The number of ketones is 1. The molecule has 1 aromatic carbocycles. The number of hydrogen-bond acceptors (Lipinski definition) is 6. The SMILES string of the molecule is CCC1=C(OC)C(CC)(CC)c2oc(-c3ccc(OC)c(OC)c3)cc(=O)c2C1=O. The summed E-state index contributed by atoms with van der Waals surface area (Å²) >= 11 is 0. The quantitative estimate of drug-likeness (QED) is 0.645. The maximum Gasteiger partial charge on any atom is 0.199 e. The summed E-state index contributed by atoms with van der Waals surface area (Å²) in [6.45, 7) is 5.92. The standard InChI is InChI=1S/C24H28O6/c1-7-15-21(26)20-16(25)13-18(14-10-11-17(27-4)19(12-14)28-5)30-23(20)24(8-2,9-3)22(15)29-6/h10-13H,7-9H2,1-6H3. The van der Waals surface area contributed by atoms with Gasteiger partial charge in [-0.15, -0.1) is 0 Å². The van der Waals surface area contributed by atoms with Gasteiger partial charge < -0.3 is 18.6 Å². The third-order valence-corrected chi connectivity index (χ3v) is 6.03. The first-order chi connectivity index (χ1) is 14.4. The lowest BCUT2D eigenvalue weighted by Crippen LogP contribution is -2.39. The first-order valence-corrected chi connectivity index (χ1v) is 10.2. The van der Waals surface area contributed by atoms with Crippen molar-refractivity contribution in [2.45, 2.75) is 45.4 Å². The fourth-order valence-electron chi connectivity index (χ4n) is 4.36. The van der Waals surface area contributed by atoms with E-state index >= 15 is 0 Å². The van der Waals surface area contributed by atoms with E-state index in [4.69, 9.17) is 18.6 Å². The van der Waals surface area contributed by atoms with E-state index in [0.29, 0.717) is 59.2 Å². The molecule has 0 spiro atoms. The lowest BCUT2D eigenvalue weighted by molar-refractivity contribution is 0.0975. The number of fused-ring (bicyclic) bond motifs is 1. The lowest BCUT2D eigenvalue weighted by Gasteiger charge is -2.37. The van der Waals surface area contributed by atoms with E-state index in [1.807, 2.05) is 20.8 Å². The van der Waals surface area contributed by atoms with Crippen molar-refractivity contribution in [1.82, 2.24) is 0 Å². The van der Waals surface area contributed by atoms with Crippen LogP contribution in [0.5, 0.6) is 11.5 Å². The molecule has 160 valence electrons. The molecule has 6 heteroatoms. The normalized spacial score (nSPS) is 15.1. The number of carbonyl (C=O) groups excluding carboxylic acids is 1. The summed E-state index contributed by atoms with van der Waals surface area (Å²) < 4.78 is 22.7. The van der Waals surface area contributed by atoms with Gasteiger partial charge in [0.25, 0.3) is 0 Å². The van der Waals surface area contributed by atoms with Crippen molar-refractivity contribution in [3.8, 4) is 22.8 Å². The Morgan fingerprint density at radius 3 is 2.10 bits per heavy atom. The number of allylic oxidation sites excluding steroid dienone is 2. The van der Waals surface area contributed by atoms with Gasteiger partial charge in [-0.1, -0.05) is 20.8 Å². The zero-order chi connectivity index (χ0) is 22.1. The van der Waals surface area contributed by atoms with Crippen LogP contribution in [0, 0.1) is 0 Å². The third kappa shape index (κ3) is 3.11. The Morgan fingerprint density at radius 2 is 1.57 bits per heavy atom. The number of Topliss-reactive ketones (excluding diaryl/α,β-unsaturated/α-hetero) is 1. The van der Waals surface area contributed by atoms with Crippen LogP contribution >= 0.6 is 0 Å². The van der Waals surface area contributed by atoms with Crippen LogP contribution in [-0.2, 0) is 10.2 Å². The van der Waals surface area contributed by atoms with E-state index in [1.165, 1.54) is 6.07 Å². The number of carbonyl (C=O) groups is 1. The maximum atomic E-state index is 13.2. The molecule has 2 aromatic rings. The summed E-state index contributed by atoms with van der Waals surface area (Å²) in [5.74, 6) is 2.13. The first-order valence-electron chi connectivity index (χ1n) is 10.2. The Hall–Kier alpha value is -3.02. The minimum absolute atomic E-state index is 0.112. The van der Waals surface area contributed by atoms with Crippen LogP contribution in [0.2, 0.25) is 0 Å². The summed E-state index contributed by atoms with van der Waals surface area (Å²) in [6.07, 6.45) is 1.75. The molecule has 0 saturated carbocycles. The molecular formula is C24H28O6. The van der Waals surface area contributed by atoms with Crippen LogP contribution in [0.15, 0.2) is 44.8 Å². The van der Waals surface area contributed by atoms with E-state index < -0.39 is 5.41 Å². The van der Waals surface area contributed by atoms with Gasteiger partial charge in [-0.3, -0.25) is 9.59 Å². The molecule has 0 saturated heterocycles. The molecule has 1 aromatic heterocycles. The molecule has 0 amide bonds. The Balaban J connectivity index is 2.32. The second-order valence-electron chi connectivity index (χ2n) is 7.23. The van der Waals surface area contributed by atoms with Gasteiger partial charge in [-0.2, -0.15) is 0 Å². The van der Waals surface area contributed by atoms with Crippen molar-refractivity contribution in [2.75, 3.05) is 21.3 Å². The van der Waals surface area contributed by atoms with Crippen LogP contribution < -0.4 is 14.9 Å². The van der Waals surface area contributed by atoms with Crippen molar-refractivity contribution in [3.05, 3.63) is 57.1 Å². The Bertz CT molecular complexity index is 1060. The Morgan fingerprint density at radius 1 is 0.900 bits per heavy atom. The predicted molar refractivity (Wildman–Crippen MR) is 114 cm³/mol. The van der Waals surface area contributed by atoms with Gasteiger partial charge in [0.1, 0.15) is 22.8 Å². The Kier molecular flexibility index (Phi) is 6.06. The third-order valence-electron chi connectivity index (χ3n) is 6.03. The molecule has 0 bridgehead atoms. The van der Waals surface area contributed by atoms with Crippen molar-refractivity contribution < 1.29 is 23.4 Å². The summed E-state index contributed by atoms with van der Waals surface area (Å²) in [5.41, 5.74) is 0.291. The average Bonchev–Trinajstić information content (AvgIpc) is 2.78. The van der Waals surface area contributed by atoms with E-state index in [-0.39, 0.29) is 16.8 Å². The van der Waals surface area contributed by atoms with Crippen LogP contribution in [0.25, 0.3) is 11.3 Å². The summed E-state index contributed by atoms with van der Waals surface area (Å²) in [7, 11) is 4.67. The number of ether oxygens (including phenoxy) is 3. The number of methoxy groups -OCH3 is 3. The molecular weight excluding hydrogens is 384 g/mol. The van der Waals surface area contributed by atoms with E-state index in [1.54, 1.807) is 39.5 Å². The highest BCUT2D eigenvalue weighted by molar-refractivity contribution is 6.11. The smallest absolute Gasteiger partial charge is 0.199 e. The van der Waals surface area contributed by atoms with Gasteiger partial charge in [-0.05, 0) is 37.5 Å². The van der Waals surface area contributed by atoms with Crippen LogP contribution in [0.3, 0.4) is 0 Å². The largest absolute Gasteiger partial charge is 0.500 e. The topological polar surface area (TPSA) is 75.0 Å². The number of rotatable bonds is 7. The number of hydrogen-bond donors (Lipinski definition) is 0. The van der Waals surface area contributed by atoms with Crippen molar-refractivity contribution in [3.63, 3.8) is 0 Å². The summed E-state index contributed by atoms with van der Waals surface area (Å²) in [5, 5.41) is 0. The molecule has 0 atom stereocenters. The monoisotopic (exact) mass is 412 g/mol.